The van der Waals surface area contributed by atoms with Gasteiger partial charge >= 0.3 is 5.97 Å². The Hall–Kier alpha value is -2.70. The van der Waals surface area contributed by atoms with Gasteiger partial charge in [-0.1, -0.05) is 48.0 Å². The SMILES string of the molecule is Cc1ccc(Cc2c(C(=O)NC(CO)C(=O)O)sc3ccccc23)cc1. The summed E-state index contributed by atoms with van der Waals surface area (Å²) in [5, 5.41) is 21.6. The van der Waals surface area contributed by atoms with Crippen LogP contribution in [0.3, 0.4) is 0 Å². The van der Waals surface area contributed by atoms with Crippen molar-refractivity contribution in [3.63, 3.8) is 0 Å². The zero-order chi connectivity index (χ0) is 18.7. The maximum atomic E-state index is 12.7. The van der Waals surface area contributed by atoms with Gasteiger partial charge in [-0.2, -0.15) is 0 Å². The Bertz CT molecular complexity index is 946. The summed E-state index contributed by atoms with van der Waals surface area (Å²) >= 11 is 1.33. The number of carbonyl (C=O) groups excluding carboxylic acids is 1. The number of nitrogens with one attached hydrogen (secondary N) is 1. The van der Waals surface area contributed by atoms with Gasteiger partial charge in [0.2, 0.25) is 0 Å². The molecule has 1 unspecified atom stereocenters. The van der Waals surface area contributed by atoms with E-state index in [0.29, 0.717) is 11.3 Å². The number of carboxylic acid groups (broad SMARTS) is 1. The molecule has 0 spiro atoms. The van der Waals surface area contributed by atoms with E-state index < -0.39 is 24.5 Å². The second kappa shape index (κ2) is 7.68. The fourth-order valence-electron chi connectivity index (χ4n) is 2.78. The van der Waals surface area contributed by atoms with Crippen molar-refractivity contribution >= 4 is 33.3 Å². The van der Waals surface area contributed by atoms with Gasteiger partial charge in [0, 0.05) is 4.70 Å². The monoisotopic (exact) mass is 369 g/mol. The number of aliphatic hydroxyl groups excluding tert-OH is 1. The normalized spacial score (nSPS) is 12.1. The summed E-state index contributed by atoms with van der Waals surface area (Å²) < 4.78 is 0.968. The molecule has 1 aromatic heterocycles. The molecule has 6 heteroatoms. The van der Waals surface area contributed by atoms with Crippen LogP contribution in [0.25, 0.3) is 10.1 Å². The first-order chi connectivity index (χ1) is 12.5. The van der Waals surface area contributed by atoms with E-state index in [2.05, 4.69) is 5.32 Å². The molecule has 0 saturated carbocycles. The van der Waals surface area contributed by atoms with E-state index in [9.17, 15) is 14.7 Å². The molecule has 26 heavy (non-hydrogen) atoms. The molecule has 0 aliphatic heterocycles. The zero-order valence-electron chi connectivity index (χ0n) is 14.2. The topological polar surface area (TPSA) is 86.6 Å². The number of hydrogen-bond acceptors (Lipinski definition) is 4. The van der Waals surface area contributed by atoms with Crippen LogP contribution in [0.15, 0.2) is 48.5 Å². The van der Waals surface area contributed by atoms with Gasteiger partial charge in [-0.05, 0) is 35.9 Å². The highest BCUT2D eigenvalue weighted by molar-refractivity contribution is 7.21. The minimum Gasteiger partial charge on any atom is -0.480 e. The zero-order valence-corrected chi connectivity index (χ0v) is 15.0. The lowest BCUT2D eigenvalue weighted by Crippen LogP contribution is -2.43. The number of amides is 1. The Morgan fingerprint density at radius 2 is 1.81 bits per heavy atom. The lowest BCUT2D eigenvalue weighted by atomic mass is 10.0. The van der Waals surface area contributed by atoms with Crippen LogP contribution < -0.4 is 5.32 Å². The van der Waals surface area contributed by atoms with Crippen LogP contribution in [-0.4, -0.2) is 34.7 Å². The average molecular weight is 369 g/mol. The van der Waals surface area contributed by atoms with Crippen molar-refractivity contribution < 1.29 is 19.8 Å². The Labute approximate surface area is 154 Å². The number of fused-ring (bicyclic) bond motifs is 1. The van der Waals surface area contributed by atoms with Crippen molar-refractivity contribution in [3.8, 4) is 0 Å². The smallest absolute Gasteiger partial charge is 0.328 e. The second-order valence-corrected chi connectivity index (χ2v) is 7.17. The molecular formula is C20H19NO4S. The van der Waals surface area contributed by atoms with Crippen LogP contribution >= 0.6 is 11.3 Å². The molecule has 0 aliphatic rings. The van der Waals surface area contributed by atoms with Gasteiger partial charge in [0.25, 0.3) is 5.91 Å². The number of aryl methyl sites for hydroxylation is 1. The summed E-state index contributed by atoms with van der Waals surface area (Å²) in [6.07, 6.45) is 0.573. The summed E-state index contributed by atoms with van der Waals surface area (Å²) in [5.41, 5.74) is 3.10. The first-order valence-electron chi connectivity index (χ1n) is 8.20. The molecular weight excluding hydrogens is 350 g/mol. The van der Waals surface area contributed by atoms with Crippen molar-refractivity contribution in [2.45, 2.75) is 19.4 Å². The number of benzene rings is 2. The predicted octanol–water partition coefficient (Wildman–Crippen LogP) is 2.98. The van der Waals surface area contributed by atoms with E-state index in [1.165, 1.54) is 11.3 Å². The molecule has 0 radical (unpaired) electrons. The lowest BCUT2D eigenvalue weighted by molar-refractivity contribution is -0.140. The number of rotatable bonds is 6. The summed E-state index contributed by atoms with van der Waals surface area (Å²) in [6, 6.07) is 14.5. The minimum atomic E-state index is -1.32. The van der Waals surface area contributed by atoms with E-state index in [0.717, 1.165) is 26.8 Å². The van der Waals surface area contributed by atoms with Crippen LogP contribution in [0.5, 0.6) is 0 Å². The van der Waals surface area contributed by atoms with Crippen LogP contribution in [0.1, 0.15) is 26.4 Å². The molecule has 0 aliphatic carbocycles. The molecule has 0 saturated heterocycles. The number of thiophene rings is 1. The fraction of sp³-hybridized carbons (Fsp3) is 0.200. The van der Waals surface area contributed by atoms with Crippen molar-refractivity contribution in [2.75, 3.05) is 6.61 Å². The molecule has 0 bridgehead atoms. The van der Waals surface area contributed by atoms with Gasteiger partial charge in [0.05, 0.1) is 11.5 Å². The van der Waals surface area contributed by atoms with Crippen molar-refractivity contribution in [1.29, 1.82) is 0 Å². The van der Waals surface area contributed by atoms with Gasteiger partial charge in [-0.3, -0.25) is 4.79 Å². The van der Waals surface area contributed by atoms with E-state index >= 15 is 0 Å². The summed E-state index contributed by atoms with van der Waals surface area (Å²) in [4.78, 5) is 24.3. The Morgan fingerprint density at radius 3 is 2.46 bits per heavy atom. The van der Waals surface area contributed by atoms with Crippen LogP contribution in [0.4, 0.5) is 0 Å². The maximum absolute atomic E-state index is 12.7. The predicted molar refractivity (Wildman–Crippen MR) is 102 cm³/mol. The van der Waals surface area contributed by atoms with E-state index in [4.69, 9.17) is 5.11 Å². The molecule has 1 amide bonds. The van der Waals surface area contributed by atoms with Crippen molar-refractivity contribution in [1.82, 2.24) is 5.32 Å². The minimum absolute atomic E-state index is 0.477. The Balaban J connectivity index is 2.00. The summed E-state index contributed by atoms with van der Waals surface area (Å²) in [7, 11) is 0. The third kappa shape index (κ3) is 3.76. The number of carboxylic acids is 1. The van der Waals surface area contributed by atoms with E-state index in [-0.39, 0.29) is 0 Å². The quantitative estimate of drug-likeness (QED) is 0.623. The third-order valence-electron chi connectivity index (χ3n) is 4.19. The Morgan fingerprint density at radius 1 is 1.12 bits per heavy atom. The lowest BCUT2D eigenvalue weighted by Gasteiger charge is -2.12. The molecule has 2 aromatic carbocycles. The van der Waals surface area contributed by atoms with Gasteiger partial charge in [-0.15, -0.1) is 11.3 Å². The fourth-order valence-corrected chi connectivity index (χ4v) is 3.90. The second-order valence-electron chi connectivity index (χ2n) is 6.12. The highest BCUT2D eigenvalue weighted by Gasteiger charge is 2.24. The largest absolute Gasteiger partial charge is 0.480 e. The number of aliphatic carboxylic acids is 1. The number of hydrogen-bond donors (Lipinski definition) is 3. The summed E-state index contributed by atoms with van der Waals surface area (Å²) in [5.74, 6) is -1.74. The molecule has 3 N–H and O–H groups in total. The molecule has 3 aromatic rings. The molecule has 1 heterocycles. The maximum Gasteiger partial charge on any atom is 0.328 e. The molecule has 3 rings (SSSR count). The molecule has 1 atom stereocenters. The van der Waals surface area contributed by atoms with E-state index in [1.54, 1.807) is 0 Å². The van der Waals surface area contributed by atoms with Gasteiger partial charge in [0.1, 0.15) is 0 Å². The number of carbonyl (C=O) groups is 2. The molecule has 5 nitrogen and oxygen atoms in total. The van der Waals surface area contributed by atoms with Gasteiger partial charge in [0.15, 0.2) is 6.04 Å². The number of aliphatic hydroxyl groups is 1. The van der Waals surface area contributed by atoms with Gasteiger partial charge < -0.3 is 15.5 Å². The van der Waals surface area contributed by atoms with E-state index in [1.807, 2.05) is 55.5 Å². The highest BCUT2D eigenvalue weighted by atomic mass is 32.1. The van der Waals surface area contributed by atoms with Crippen LogP contribution in [-0.2, 0) is 11.2 Å². The molecule has 0 fully saturated rings. The summed E-state index contributed by atoms with van der Waals surface area (Å²) in [6.45, 7) is 1.36. The highest BCUT2D eigenvalue weighted by Crippen LogP contribution is 2.33. The molecule has 134 valence electrons. The van der Waals surface area contributed by atoms with Crippen molar-refractivity contribution in [3.05, 3.63) is 70.1 Å². The van der Waals surface area contributed by atoms with Crippen LogP contribution in [0, 0.1) is 6.92 Å². The standard InChI is InChI=1S/C20H19NO4S/c1-12-6-8-13(9-7-12)10-15-14-4-2-3-5-17(14)26-18(15)19(23)21-16(11-22)20(24)25/h2-9,16,22H,10-11H2,1H3,(H,21,23)(H,24,25). The first kappa shape index (κ1) is 18.1. The average Bonchev–Trinajstić information content (AvgIpc) is 3.00. The van der Waals surface area contributed by atoms with Gasteiger partial charge in [-0.25, -0.2) is 4.79 Å². The first-order valence-corrected chi connectivity index (χ1v) is 9.01. The van der Waals surface area contributed by atoms with Crippen LogP contribution in [0.2, 0.25) is 0 Å². The Kier molecular flexibility index (Phi) is 5.35. The third-order valence-corrected chi connectivity index (χ3v) is 5.40. The van der Waals surface area contributed by atoms with Crippen molar-refractivity contribution in [2.24, 2.45) is 0 Å².